The Bertz CT molecular complexity index is 1450. The van der Waals surface area contributed by atoms with E-state index in [1.165, 1.54) is 6.33 Å². The van der Waals surface area contributed by atoms with Crippen molar-refractivity contribution < 1.29 is 4.79 Å². The van der Waals surface area contributed by atoms with Crippen LogP contribution in [0.4, 0.5) is 5.82 Å². The zero-order valence-corrected chi connectivity index (χ0v) is 20.2. The number of aromatic nitrogens is 5. The molecule has 2 aliphatic rings. The average molecular weight is 479 g/mol. The van der Waals surface area contributed by atoms with Crippen molar-refractivity contribution in [1.29, 1.82) is 0 Å². The zero-order chi connectivity index (χ0) is 23.8. The van der Waals surface area contributed by atoms with E-state index in [0.29, 0.717) is 29.6 Å². The van der Waals surface area contributed by atoms with Crippen molar-refractivity contribution in [2.24, 2.45) is 5.92 Å². The molecule has 0 spiro atoms. The lowest BCUT2D eigenvalue weighted by Gasteiger charge is -2.41. The number of carbonyl (C=O) groups is 1. The van der Waals surface area contributed by atoms with Gasteiger partial charge in [0.25, 0.3) is 0 Å². The topological polar surface area (TPSA) is 109 Å². The third kappa shape index (κ3) is 3.03. The van der Waals surface area contributed by atoms with E-state index in [1.54, 1.807) is 6.20 Å². The highest BCUT2D eigenvalue weighted by atomic mass is 35.5. The third-order valence-electron chi connectivity index (χ3n) is 7.21. The molecule has 0 aromatic carbocycles. The molecule has 34 heavy (non-hydrogen) atoms. The number of nitrogens with zero attached hydrogens (tertiary/aromatic N) is 6. The fraction of sp³-hybridized carbons (Fsp3) is 0.417. The Balaban J connectivity index is 1.58. The van der Waals surface area contributed by atoms with E-state index in [-0.39, 0.29) is 11.8 Å². The van der Waals surface area contributed by atoms with Gasteiger partial charge in [-0.3, -0.25) is 4.79 Å². The standard InChI is InChI=1S/C24H27ClN8O/c1-24(2)11-32(23(34)13-6-8-31(3)9-13)10-15-16(17-20(26)28-12-29-22(17)33(15)24)19-18(25)14-5-4-7-27-21(14)30-19/h4-5,7,12-13H,6,8-11H2,1-3H3,(H,27,30)(H2,26,28,29)/t13-/m0/s1. The Kier molecular flexibility index (Phi) is 4.66. The number of nitrogens with two attached hydrogens (primary N) is 1. The highest BCUT2D eigenvalue weighted by Crippen LogP contribution is 2.46. The van der Waals surface area contributed by atoms with Gasteiger partial charge in [0.1, 0.15) is 23.4 Å². The number of amides is 1. The Labute approximate surface area is 201 Å². The van der Waals surface area contributed by atoms with Gasteiger partial charge in [-0.1, -0.05) is 11.6 Å². The van der Waals surface area contributed by atoms with Crippen molar-refractivity contribution in [1.82, 2.24) is 34.3 Å². The van der Waals surface area contributed by atoms with Gasteiger partial charge in [0.15, 0.2) is 0 Å². The summed E-state index contributed by atoms with van der Waals surface area (Å²) in [6.07, 6.45) is 4.11. The maximum atomic E-state index is 13.6. The van der Waals surface area contributed by atoms with E-state index in [4.69, 9.17) is 17.3 Å². The molecular formula is C24H27ClN8O. The van der Waals surface area contributed by atoms with E-state index < -0.39 is 5.54 Å². The number of nitrogens with one attached hydrogen (secondary N) is 1. The number of likely N-dealkylation sites (tertiary alicyclic amines) is 1. The van der Waals surface area contributed by atoms with Crippen LogP contribution in [0, 0.1) is 5.92 Å². The normalized spacial score (nSPS) is 20.4. The minimum absolute atomic E-state index is 0.0194. The fourth-order valence-corrected chi connectivity index (χ4v) is 6.04. The van der Waals surface area contributed by atoms with Gasteiger partial charge >= 0.3 is 0 Å². The van der Waals surface area contributed by atoms with E-state index in [1.807, 2.05) is 17.0 Å². The Morgan fingerprint density at radius 1 is 1.29 bits per heavy atom. The smallest absolute Gasteiger partial charge is 0.227 e. The van der Waals surface area contributed by atoms with Crippen molar-refractivity contribution >= 4 is 45.4 Å². The second kappa shape index (κ2) is 7.41. The van der Waals surface area contributed by atoms with Gasteiger partial charge in [0.2, 0.25) is 5.91 Å². The van der Waals surface area contributed by atoms with Gasteiger partial charge in [-0.2, -0.15) is 0 Å². The van der Waals surface area contributed by atoms with Crippen LogP contribution in [-0.2, 0) is 16.9 Å². The molecule has 6 heterocycles. The van der Waals surface area contributed by atoms with Gasteiger partial charge in [0, 0.05) is 35.9 Å². The molecule has 4 aromatic rings. The van der Waals surface area contributed by atoms with Gasteiger partial charge in [-0.15, -0.1) is 0 Å². The molecule has 176 valence electrons. The molecule has 0 aliphatic carbocycles. The summed E-state index contributed by atoms with van der Waals surface area (Å²) < 4.78 is 2.20. The molecule has 0 radical (unpaired) electrons. The molecule has 2 aliphatic heterocycles. The summed E-state index contributed by atoms with van der Waals surface area (Å²) in [5.74, 6) is 0.602. The van der Waals surface area contributed by atoms with Crippen molar-refractivity contribution in [2.75, 3.05) is 32.4 Å². The Morgan fingerprint density at radius 3 is 2.85 bits per heavy atom. The van der Waals surface area contributed by atoms with Crippen molar-refractivity contribution in [2.45, 2.75) is 32.4 Å². The molecule has 0 bridgehead atoms. The molecule has 0 unspecified atom stereocenters. The van der Waals surface area contributed by atoms with Gasteiger partial charge in [-0.25, -0.2) is 15.0 Å². The molecule has 1 atom stereocenters. The first-order valence-corrected chi connectivity index (χ1v) is 11.9. The van der Waals surface area contributed by atoms with Crippen molar-refractivity contribution in [3.8, 4) is 11.3 Å². The SMILES string of the molecule is CN1CC[C@H](C(=O)N2Cc3c(-c4[nH]c5ncccc5c4Cl)c4c(N)ncnc4n3C(C)(C)C2)C1. The molecule has 1 fully saturated rings. The number of rotatable bonds is 2. The van der Waals surface area contributed by atoms with Crippen molar-refractivity contribution in [3.05, 3.63) is 35.4 Å². The minimum Gasteiger partial charge on any atom is -0.383 e. The van der Waals surface area contributed by atoms with E-state index in [2.05, 4.69) is 50.3 Å². The summed E-state index contributed by atoms with van der Waals surface area (Å²) in [6.45, 7) is 7.05. The highest BCUT2D eigenvalue weighted by molar-refractivity contribution is 6.38. The predicted octanol–water partition coefficient (Wildman–Crippen LogP) is 3.24. The quantitative estimate of drug-likeness (QED) is 0.457. The molecular weight excluding hydrogens is 452 g/mol. The monoisotopic (exact) mass is 478 g/mol. The van der Waals surface area contributed by atoms with Crippen LogP contribution in [-0.4, -0.2) is 66.9 Å². The largest absolute Gasteiger partial charge is 0.383 e. The Hall–Kier alpha value is -3.17. The van der Waals surface area contributed by atoms with Crippen LogP contribution in [0.3, 0.4) is 0 Å². The summed E-state index contributed by atoms with van der Waals surface area (Å²) >= 11 is 6.89. The number of pyridine rings is 1. The lowest BCUT2D eigenvalue weighted by Crippen LogP contribution is -2.50. The van der Waals surface area contributed by atoms with Crippen LogP contribution in [0.15, 0.2) is 24.7 Å². The van der Waals surface area contributed by atoms with E-state index in [0.717, 1.165) is 52.9 Å². The number of aromatic amines is 1. The van der Waals surface area contributed by atoms with Crippen LogP contribution < -0.4 is 5.73 Å². The number of halogens is 1. The van der Waals surface area contributed by atoms with E-state index >= 15 is 0 Å². The van der Waals surface area contributed by atoms with Gasteiger partial charge in [0.05, 0.1) is 34.1 Å². The molecule has 6 rings (SSSR count). The van der Waals surface area contributed by atoms with Crippen LogP contribution in [0.25, 0.3) is 33.3 Å². The predicted molar refractivity (Wildman–Crippen MR) is 132 cm³/mol. The number of nitrogen functional groups attached to an aromatic ring is 1. The van der Waals surface area contributed by atoms with E-state index in [9.17, 15) is 4.79 Å². The lowest BCUT2D eigenvalue weighted by atomic mass is 9.97. The molecule has 3 N–H and O–H groups in total. The molecule has 1 saturated heterocycles. The van der Waals surface area contributed by atoms with Crippen LogP contribution in [0.2, 0.25) is 5.02 Å². The molecule has 10 heteroatoms. The third-order valence-corrected chi connectivity index (χ3v) is 7.60. The minimum atomic E-state index is -0.401. The summed E-state index contributed by atoms with van der Waals surface area (Å²) in [7, 11) is 2.07. The van der Waals surface area contributed by atoms with Crippen LogP contribution in [0.5, 0.6) is 0 Å². The van der Waals surface area contributed by atoms with Crippen LogP contribution in [0.1, 0.15) is 26.0 Å². The number of fused-ring (bicyclic) bond motifs is 4. The van der Waals surface area contributed by atoms with Crippen molar-refractivity contribution in [3.63, 3.8) is 0 Å². The molecule has 0 saturated carbocycles. The van der Waals surface area contributed by atoms with Gasteiger partial charge < -0.3 is 25.1 Å². The second-order valence-corrected chi connectivity index (χ2v) is 10.5. The summed E-state index contributed by atoms with van der Waals surface area (Å²) in [6, 6.07) is 3.80. The fourth-order valence-electron chi connectivity index (χ4n) is 5.74. The molecule has 9 nitrogen and oxygen atoms in total. The van der Waals surface area contributed by atoms with Gasteiger partial charge in [-0.05, 0) is 46.0 Å². The average Bonchev–Trinajstić information content (AvgIpc) is 3.47. The number of hydrogen-bond acceptors (Lipinski definition) is 6. The second-order valence-electron chi connectivity index (χ2n) is 10.1. The molecule has 4 aromatic heterocycles. The number of H-pyrrole nitrogens is 1. The number of carbonyl (C=O) groups excluding carboxylic acids is 1. The lowest BCUT2D eigenvalue weighted by molar-refractivity contribution is -0.138. The molecule has 1 amide bonds. The first kappa shape index (κ1) is 21.4. The highest BCUT2D eigenvalue weighted by Gasteiger charge is 2.41. The number of hydrogen-bond donors (Lipinski definition) is 2. The summed E-state index contributed by atoms with van der Waals surface area (Å²) in [5.41, 5.74) is 9.98. The maximum absolute atomic E-state index is 13.6. The summed E-state index contributed by atoms with van der Waals surface area (Å²) in [5, 5.41) is 2.15. The number of anilines is 1. The first-order valence-electron chi connectivity index (χ1n) is 11.5. The zero-order valence-electron chi connectivity index (χ0n) is 19.5. The first-order chi connectivity index (χ1) is 16.3. The Morgan fingerprint density at radius 2 is 2.12 bits per heavy atom. The maximum Gasteiger partial charge on any atom is 0.227 e. The summed E-state index contributed by atoms with van der Waals surface area (Å²) in [4.78, 5) is 34.5. The van der Waals surface area contributed by atoms with Crippen LogP contribution >= 0.6 is 11.6 Å².